The van der Waals surface area contributed by atoms with Crippen molar-refractivity contribution in [3.05, 3.63) is 93.8 Å². The summed E-state index contributed by atoms with van der Waals surface area (Å²) < 4.78 is 27.4. The number of H-pyrrole nitrogens is 1. The lowest BCUT2D eigenvalue weighted by molar-refractivity contribution is -0.132. The van der Waals surface area contributed by atoms with E-state index in [0.717, 1.165) is 22.5 Å². The average Bonchev–Trinajstić information content (AvgIpc) is 3.49. The number of benzene rings is 2. The second-order valence-corrected chi connectivity index (χ2v) is 8.01. The van der Waals surface area contributed by atoms with Crippen LogP contribution in [0.4, 0.5) is 14.5 Å². The molecule has 0 bridgehead atoms. The van der Waals surface area contributed by atoms with E-state index in [2.05, 4.69) is 4.98 Å². The Labute approximate surface area is 178 Å². The highest BCUT2D eigenvalue weighted by Gasteiger charge is 2.47. The number of carbonyl (C=O) groups excluding carboxylic acids is 2. The molecule has 2 aromatic carbocycles. The minimum absolute atomic E-state index is 0.0253. The molecule has 4 aromatic rings. The number of halogens is 2. The van der Waals surface area contributed by atoms with Crippen LogP contribution in [0.25, 0.3) is 16.7 Å². The molecule has 2 N–H and O–H groups in total. The molecule has 5 rings (SSSR count). The Kier molecular flexibility index (Phi) is 4.44. The maximum Gasteiger partial charge on any atom is 0.300 e. The molecule has 1 aliphatic heterocycles. The Morgan fingerprint density at radius 3 is 2.58 bits per heavy atom. The second kappa shape index (κ2) is 7.17. The number of hydrogen-bond acceptors (Lipinski definition) is 4. The minimum Gasteiger partial charge on any atom is -0.507 e. The molecule has 2 aromatic heterocycles. The van der Waals surface area contributed by atoms with Gasteiger partial charge in [0.25, 0.3) is 11.7 Å². The molecule has 1 aliphatic rings. The Bertz CT molecular complexity index is 1370. The van der Waals surface area contributed by atoms with E-state index in [9.17, 15) is 23.5 Å². The van der Waals surface area contributed by atoms with Crippen molar-refractivity contribution in [1.82, 2.24) is 4.98 Å². The van der Waals surface area contributed by atoms with E-state index in [1.165, 1.54) is 17.4 Å². The molecule has 31 heavy (non-hydrogen) atoms. The molecule has 1 unspecified atom stereocenters. The maximum absolute atomic E-state index is 13.9. The highest BCUT2D eigenvalue weighted by atomic mass is 32.1. The highest BCUT2D eigenvalue weighted by Crippen LogP contribution is 2.44. The van der Waals surface area contributed by atoms with E-state index in [-0.39, 0.29) is 17.0 Å². The number of para-hydroxylation sites is 1. The normalized spacial score (nSPS) is 18.3. The van der Waals surface area contributed by atoms with Crippen molar-refractivity contribution < 1.29 is 23.5 Å². The van der Waals surface area contributed by atoms with E-state index in [1.54, 1.807) is 35.8 Å². The number of hydrogen-bond donors (Lipinski definition) is 2. The Morgan fingerprint density at radius 2 is 1.84 bits per heavy atom. The molecule has 1 amide bonds. The average molecular weight is 436 g/mol. The van der Waals surface area contributed by atoms with Crippen molar-refractivity contribution in [3.63, 3.8) is 0 Å². The third-order valence-electron chi connectivity index (χ3n) is 5.28. The minimum atomic E-state index is -1.14. The summed E-state index contributed by atoms with van der Waals surface area (Å²) in [7, 11) is 0. The topological polar surface area (TPSA) is 73.4 Å². The van der Waals surface area contributed by atoms with Crippen molar-refractivity contribution in [1.29, 1.82) is 0 Å². The molecule has 0 radical (unpaired) electrons. The highest BCUT2D eigenvalue weighted by molar-refractivity contribution is 7.10. The lowest BCUT2D eigenvalue weighted by Crippen LogP contribution is -2.29. The van der Waals surface area contributed by atoms with E-state index >= 15 is 0 Å². The van der Waals surface area contributed by atoms with Crippen molar-refractivity contribution in [2.24, 2.45) is 0 Å². The zero-order chi connectivity index (χ0) is 21.7. The number of nitrogens with one attached hydrogen (secondary N) is 1. The van der Waals surface area contributed by atoms with Gasteiger partial charge in [0.05, 0.1) is 5.57 Å². The standard InChI is InChI=1S/C23H14F2N2O3S/c24-15-8-7-12(10-16(15)25)27-20(18-6-3-9-31-18)19(22(29)23(27)30)21(28)14-11-26-17-5-2-1-4-13(14)17/h1-11,20,26,28H/b21-19-. The van der Waals surface area contributed by atoms with Gasteiger partial charge in [-0.2, -0.15) is 0 Å². The lowest BCUT2D eigenvalue weighted by Gasteiger charge is -2.24. The molecule has 3 heterocycles. The molecule has 8 heteroatoms. The fraction of sp³-hybridized carbons (Fsp3) is 0.0435. The predicted octanol–water partition coefficient (Wildman–Crippen LogP) is 5.13. The van der Waals surface area contributed by atoms with Gasteiger partial charge in [-0.3, -0.25) is 14.5 Å². The predicted molar refractivity (Wildman–Crippen MR) is 114 cm³/mol. The van der Waals surface area contributed by atoms with Crippen LogP contribution in [0.15, 0.2) is 71.7 Å². The summed E-state index contributed by atoms with van der Waals surface area (Å²) in [5, 5.41) is 13.6. The van der Waals surface area contributed by atoms with Crippen LogP contribution in [0.5, 0.6) is 0 Å². The smallest absolute Gasteiger partial charge is 0.300 e. The summed E-state index contributed by atoms with van der Waals surface area (Å²) in [4.78, 5) is 30.7. The van der Waals surface area contributed by atoms with Gasteiger partial charge in [0.2, 0.25) is 0 Å². The molecular weight excluding hydrogens is 422 g/mol. The number of carbonyl (C=O) groups is 2. The first kappa shape index (κ1) is 19.2. The number of ketones is 1. The van der Waals surface area contributed by atoms with Crippen LogP contribution in [0.3, 0.4) is 0 Å². The van der Waals surface area contributed by atoms with E-state index in [4.69, 9.17) is 0 Å². The fourth-order valence-corrected chi connectivity index (χ4v) is 4.69. The molecular formula is C23H14F2N2O3S. The van der Waals surface area contributed by atoms with Crippen LogP contribution in [0.1, 0.15) is 16.5 Å². The van der Waals surface area contributed by atoms with Crippen LogP contribution in [0, 0.1) is 11.6 Å². The van der Waals surface area contributed by atoms with Gasteiger partial charge in [-0.1, -0.05) is 24.3 Å². The van der Waals surface area contributed by atoms with Gasteiger partial charge >= 0.3 is 0 Å². The first-order valence-corrected chi connectivity index (χ1v) is 10.2. The number of fused-ring (bicyclic) bond motifs is 1. The lowest BCUT2D eigenvalue weighted by atomic mass is 9.99. The molecule has 0 spiro atoms. The molecule has 1 saturated heterocycles. The number of thiophene rings is 1. The quantitative estimate of drug-likeness (QED) is 0.266. The van der Waals surface area contributed by atoms with Crippen LogP contribution < -0.4 is 4.90 Å². The second-order valence-electron chi connectivity index (χ2n) is 7.03. The first-order chi connectivity index (χ1) is 15.0. The zero-order valence-electron chi connectivity index (χ0n) is 15.8. The van der Waals surface area contributed by atoms with Gasteiger partial charge in [0.1, 0.15) is 11.8 Å². The summed E-state index contributed by atoms with van der Waals surface area (Å²) in [5.74, 6) is -4.36. The first-order valence-electron chi connectivity index (χ1n) is 9.33. The monoisotopic (exact) mass is 436 g/mol. The van der Waals surface area contributed by atoms with Crippen LogP contribution in [-0.4, -0.2) is 21.8 Å². The Balaban J connectivity index is 1.74. The van der Waals surface area contributed by atoms with Gasteiger partial charge in [-0.15, -0.1) is 11.3 Å². The van der Waals surface area contributed by atoms with E-state index in [0.29, 0.717) is 15.8 Å². The van der Waals surface area contributed by atoms with Crippen LogP contribution in [0.2, 0.25) is 0 Å². The molecule has 0 aliphatic carbocycles. The summed E-state index contributed by atoms with van der Waals surface area (Å²) in [5.41, 5.74) is 1.05. The summed E-state index contributed by atoms with van der Waals surface area (Å²) >= 11 is 1.29. The maximum atomic E-state index is 13.9. The van der Waals surface area contributed by atoms with E-state index in [1.807, 2.05) is 12.1 Å². The number of aromatic amines is 1. The molecule has 0 saturated carbocycles. The van der Waals surface area contributed by atoms with Gasteiger partial charge in [0.15, 0.2) is 11.6 Å². The number of aliphatic hydroxyl groups excluding tert-OH is 1. The van der Waals surface area contributed by atoms with Crippen molar-refractivity contribution >= 4 is 45.4 Å². The summed E-state index contributed by atoms with van der Waals surface area (Å²) in [6.45, 7) is 0. The Morgan fingerprint density at radius 1 is 1.03 bits per heavy atom. The zero-order valence-corrected chi connectivity index (χ0v) is 16.6. The molecule has 154 valence electrons. The fourth-order valence-electron chi connectivity index (χ4n) is 3.86. The Hall–Kier alpha value is -3.78. The number of rotatable bonds is 3. The number of anilines is 1. The number of aliphatic hydroxyl groups is 1. The third-order valence-corrected chi connectivity index (χ3v) is 6.21. The van der Waals surface area contributed by atoms with Gasteiger partial charge in [0, 0.05) is 39.3 Å². The van der Waals surface area contributed by atoms with Crippen LogP contribution >= 0.6 is 11.3 Å². The third kappa shape index (κ3) is 2.95. The summed E-state index contributed by atoms with van der Waals surface area (Å²) in [6.07, 6.45) is 1.57. The number of amides is 1. The van der Waals surface area contributed by atoms with Crippen molar-refractivity contribution in [2.75, 3.05) is 4.90 Å². The van der Waals surface area contributed by atoms with Gasteiger partial charge in [-0.05, 0) is 29.6 Å². The number of aromatic nitrogens is 1. The van der Waals surface area contributed by atoms with Gasteiger partial charge in [-0.25, -0.2) is 8.78 Å². The molecule has 1 fully saturated rings. The van der Waals surface area contributed by atoms with Crippen molar-refractivity contribution in [2.45, 2.75) is 6.04 Å². The molecule has 5 nitrogen and oxygen atoms in total. The van der Waals surface area contributed by atoms with Crippen molar-refractivity contribution in [3.8, 4) is 0 Å². The van der Waals surface area contributed by atoms with Gasteiger partial charge < -0.3 is 10.1 Å². The largest absolute Gasteiger partial charge is 0.507 e. The number of nitrogens with zero attached hydrogens (tertiary/aromatic N) is 1. The van der Waals surface area contributed by atoms with E-state index < -0.39 is 29.4 Å². The number of Topliss-reactive ketones (excluding diaryl/α,β-unsaturated/α-hetero) is 1. The SMILES string of the molecule is O=C1C(=O)N(c2ccc(F)c(F)c2)C(c2cccs2)/C1=C(/O)c1c[nH]c2ccccc12. The molecule has 1 atom stereocenters. The van der Waals surface area contributed by atoms with Crippen LogP contribution in [-0.2, 0) is 9.59 Å². The summed E-state index contributed by atoms with van der Waals surface area (Å²) in [6, 6.07) is 12.7.